The monoisotopic (exact) mass is 431 g/mol. The zero-order valence-corrected chi connectivity index (χ0v) is 17.5. The SMILES string of the molecule is O=CN(O)C[C@@H](CC1CCCC1)C(=O)N1CCCCN1C(=O)C1Oc2ccccc2O1. The van der Waals surface area contributed by atoms with Gasteiger partial charge in [-0.15, -0.1) is 0 Å². The molecule has 1 saturated heterocycles. The molecule has 1 atom stereocenters. The van der Waals surface area contributed by atoms with Crippen molar-refractivity contribution in [2.45, 2.75) is 51.2 Å². The Kier molecular flexibility index (Phi) is 6.60. The van der Waals surface area contributed by atoms with E-state index in [1.165, 1.54) is 10.0 Å². The predicted molar refractivity (Wildman–Crippen MR) is 109 cm³/mol. The van der Waals surface area contributed by atoms with Crippen molar-refractivity contribution < 1.29 is 29.1 Å². The van der Waals surface area contributed by atoms with Gasteiger partial charge in [-0.1, -0.05) is 37.8 Å². The molecule has 1 N–H and O–H groups in total. The van der Waals surface area contributed by atoms with Crippen LogP contribution in [0.3, 0.4) is 0 Å². The van der Waals surface area contributed by atoms with E-state index in [0.29, 0.717) is 48.4 Å². The summed E-state index contributed by atoms with van der Waals surface area (Å²) in [5.74, 6) is 0.123. The third-order valence-corrected chi connectivity index (χ3v) is 6.28. The van der Waals surface area contributed by atoms with E-state index in [4.69, 9.17) is 9.47 Å². The van der Waals surface area contributed by atoms with E-state index in [0.717, 1.165) is 38.5 Å². The van der Waals surface area contributed by atoms with Gasteiger partial charge in [-0.05, 0) is 37.3 Å². The number of hydrazine groups is 1. The first-order chi connectivity index (χ1) is 15.1. The summed E-state index contributed by atoms with van der Waals surface area (Å²) >= 11 is 0. The van der Waals surface area contributed by atoms with Crippen LogP contribution < -0.4 is 9.47 Å². The largest absolute Gasteiger partial charge is 0.442 e. The predicted octanol–water partition coefficient (Wildman–Crippen LogP) is 2.19. The molecule has 2 aliphatic heterocycles. The molecule has 168 valence electrons. The normalized spacial score (nSPS) is 20.0. The molecule has 4 rings (SSSR count). The quantitative estimate of drug-likeness (QED) is 0.404. The third-order valence-electron chi connectivity index (χ3n) is 6.28. The molecule has 0 spiro atoms. The molecule has 0 radical (unpaired) electrons. The van der Waals surface area contributed by atoms with Gasteiger partial charge in [0.15, 0.2) is 11.5 Å². The fraction of sp³-hybridized carbons (Fsp3) is 0.591. The maximum atomic E-state index is 13.5. The topological polar surface area (TPSA) is 99.6 Å². The Morgan fingerprint density at radius 2 is 1.68 bits per heavy atom. The number of fused-ring (bicyclic) bond motifs is 1. The Morgan fingerprint density at radius 1 is 1.06 bits per heavy atom. The number of ether oxygens (including phenoxy) is 2. The smallest absolute Gasteiger partial charge is 0.323 e. The highest BCUT2D eigenvalue weighted by atomic mass is 16.7. The molecule has 9 nitrogen and oxygen atoms in total. The number of carbonyl (C=O) groups is 3. The fourth-order valence-electron chi connectivity index (χ4n) is 4.73. The molecule has 0 aromatic heterocycles. The highest BCUT2D eigenvalue weighted by Crippen LogP contribution is 2.35. The van der Waals surface area contributed by atoms with Crippen LogP contribution in [0.4, 0.5) is 0 Å². The zero-order valence-electron chi connectivity index (χ0n) is 17.5. The molecule has 0 bridgehead atoms. The van der Waals surface area contributed by atoms with Gasteiger partial charge in [-0.2, -0.15) is 0 Å². The third kappa shape index (κ3) is 4.76. The molecule has 3 amide bonds. The molecular weight excluding hydrogens is 402 g/mol. The van der Waals surface area contributed by atoms with Crippen molar-refractivity contribution in [2.75, 3.05) is 19.6 Å². The minimum atomic E-state index is -1.14. The van der Waals surface area contributed by atoms with Crippen molar-refractivity contribution in [1.29, 1.82) is 0 Å². The highest BCUT2D eigenvalue weighted by Gasteiger charge is 2.41. The summed E-state index contributed by atoms with van der Waals surface area (Å²) < 4.78 is 11.3. The minimum absolute atomic E-state index is 0.0841. The summed E-state index contributed by atoms with van der Waals surface area (Å²) in [4.78, 5) is 37.7. The van der Waals surface area contributed by atoms with Crippen LogP contribution in [0.1, 0.15) is 44.9 Å². The van der Waals surface area contributed by atoms with Crippen LogP contribution in [0, 0.1) is 11.8 Å². The van der Waals surface area contributed by atoms with Gasteiger partial charge in [-0.3, -0.25) is 24.6 Å². The number of rotatable bonds is 7. The van der Waals surface area contributed by atoms with Gasteiger partial charge < -0.3 is 9.47 Å². The standard InChI is InChI=1S/C22H29N3O6/c26-15-23(29)14-17(13-16-7-1-2-8-16)20(27)24-11-5-6-12-25(24)21(28)22-30-18-9-3-4-10-19(18)31-22/h3-4,9-10,15-17,22,29H,1-2,5-8,11-14H2/t17-/m1/s1. The van der Waals surface area contributed by atoms with Crippen LogP contribution in [0.2, 0.25) is 0 Å². The maximum absolute atomic E-state index is 13.5. The van der Waals surface area contributed by atoms with E-state index < -0.39 is 18.1 Å². The Hall–Kier alpha value is -2.81. The van der Waals surface area contributed by atoms with Crippen LogP contribution in [-0.2, 0) is 14.4 Å². The van der Waals surface area contributed by atoms with Crippen molar-refractivity contribution in [3.63, 3.8) is 0 Å². The summed E-state index contributed by atoms with van der Waals surface area (Å²) in [6, 6.07) is 7.06. The first-order valence-electron chi connectivity index (χ1n) is 11.0. The summed E-state index contributed by atoms with van der Waals surface area (Å²) in [5, 5.41) is 13.2. The first kappa shape index (κ1) is 21.4. The van der Waals surface area contributed by atoms with Gasteiger partial charge in [0.1, 0.15) is 0 Å². The lowest BCUT2D eigenvalue weighted by atomic mass is 9.92. The van der Waals surface area contributed by atoms with E-state index >= 15 is 0 Å². The summed E-state index contributed by atoms with van der Waals surface area (Å²) in [6.45, 7) is 0.702. The van der Waals surface area contributed by atoms with E-state index in [1.807, 2.05) is 0 Å². The molecule has 3 aliphatic rings. The Morgan fingerprint density at radius 3 is 2.29 bits per heavy atom. The van der Waals surface area contributed by atoms with Crippen LogP contribution in [0.25, 0.3) is 0 Å². The van der Waals surface area contributed by atoms with Crippen LogP contribution in [0.5, 0.6) is 11.5 Å². The molecule has 0 unspecified atom stereocenters. The Bertz CT molecular complexity index is 787. The Labute approximate surface area is 181 Å². The molecule has 1 aromatic rings. The molecule has 1 aliphatic carbocycles. The lowest BCUT2D eigenvalue weighted by Crippen LogP contribution is -2.59. The van der Waals surface area contributed by atoms with E-state index in [1.54, 1.807) is 24.3 Å². The number of hydroxylamine groups is 2. The second kappa shape index (κ2) is 9.55. The fourth-order valence-corrected chi connectivity index (χ4v) is 4.73. The number of benzene rings is 1. The van der Waals surface area contributed by atoms with Gasteiger partial charge in [0.25, 0.3) is 0 Å². The Balaban J connectivity index is 1.48. The summed E-state index contributed by atoms with van der Waals surface area (Å²) in [6.07, 6.45) is 5.65. The van der Waals surface area contributed by atoms with Crippen molar-refractivity contribution in [2.24, 2.45) is 11.8 Å². The minimum Gasteiger partial charge on any atom is -0.442 e. The van der Waals surface area contributed by atoms with Gasteiger partial charge in [-0.25, -0.2) is 10.1 Å². The van der Waals surface area contributed by atoms with Crippen LogP contribution in [-0.4, -0.2) is 64.4 Å². The second-order valence-corrected chi connectivity index (χ2v) is 8.45. The molecular formula is C22H29N3O6. The van der Waals surface area contributed by atoms with Crippen molar-refractivity contribution in [3.8, 4) is 11.5 Å². The number of para-hydroxylation sites is 2. The summed E-state index contributed by atoms with van der Waals surface area (Å²) in [5.41, 5.74) is 0. The average molecular weight is 431 g/mol. The van der Waals surface area contributed by atoms with E-state index in [2.05, 4.69) is 0 Å². The average Bonchev–Trinajstić information content (AvgIpc) is 3.47. The van der Waals surface area contributed by atoms with Crippen LogP contribution >= 0.6 is 0 Å². The number of carbonyl (C=O) groups excluding carboxylic acids is 3. The number of amides is 3. The lowest BCUT2D eigenvalue weighted by molar-refractivity contribution is -0.183. The first-order valence-corrected chi connectivity index (χ1v) is 11.0. The molecule has 1 aromatic carbocycles. The maximum Gasteiger partial charge on any atom is 0.323 e. The molecule has 1 saturated carbocycles. The van der Waals surface area contributed by atoms with Gasteiger partial charge in [0, 0.05) is 13.1 Å². The molecule has 2 heterocycles. The highest BCUT2D eigenvalue weighted by molar-refractivity contribution is 5.86. The summed E-state index contributed by atoms with van der Waals surface area (Å²) in [7, 11) is 0. The van der Waals surface area contributed by atoms with Crippen molar-refractivity contribution in [1.82, 2.24) is 15.1 Å². The molecule has 2 fully saturated rings. The van der Waals surface area contributed by atoms with E-state index in [-0.39, 0.29) is 12.5 Å². The van der Waals surface area contributed by atoms with Gasteiger partial charge in [0.2, 0.25) is 12.3 Å². The zero-order chi connectivity index (χ0) is 21.8. The number of hydrogen-bond donors (Lipinski definition) is 1. The van der Waals surface area contributed by atoms with Gasteiger partial charge in [0.05, 0.1) is 12.5 Å². The van der Waals surface area contributed by atoms with Crippen LogP contribution in [0.15, 0.2) is 24.3 Å². The second-order valence-electron chi connectivity index (χ2n) is 8.45. The van der Waals surface area contributed by atoms with Crippen molar-refractivity contribution in [3.05, 3.63) is 24.3 Å². The van der Waals surface area contributed by atoms with E-state index in [9.17, 15) is 19.6 Å². The van der Waals surface area contributed by atoms with Crippen molar-refractivity contribution >= 4 is 18.2 Å². The molecule has 9 heteroatoms. The number of nitrogens with zero attached hydrogens (tertiary/aromatic N) is 3. The lowest BCUT2D eigenvalue weighted by Gasteiger charge is -2.41. The van der Waals surface area contributed by atoms with Gasteiger partial charge >= 0.3 is 12.2 Å². The molecule has 31 heavy (non-hydrogen) atoms. The number of hydrogen-bond acceptors (Lipinski definition) is 6.